The number of benzene rings is 1. The Morgan fingerprint density at radius 3 is 2.78 bits per heavy atom. The van der Waals surface area contributed by atoms with Gasteiger partial charge in [-0.05, 0) is 30.8 Å². The Labute approximate surface area is 197 Å². The molecule has 0 saturated carbocycles. The summed E-state index contributed by atoms with van der Waals surface area (Å²) in [4.78, 5) is 19.3. The molecule has 5 rings (SSSR count). The fraction of sp³-hybridized carbons (Fsp3) is 0.304. The van der Waals surface area contributed by atoms with Crippen molar-refractivity contribution in [1.29, 1.82) is 0 Å². The second-order valence-corrected chi connectivity index (χ2v) is 8.89. The average Bonchev–Trinajstić information content (AvgIpc) is 2.94. The first kappa shape index (κ1) is 21.1. The van der Waals surface area contributed by atoms with Crippen molar-refractivity contribution in [3.05, 3.63) is 53.4 Å². The minimum absolute atomic E-state index is 0.521. The highest BCUT2D eigenvalue weighted by atomic mass is 35.5. The van der Waals surface area contributed by atoms with Gasteiger partial charge in [0, 0.05) is 60.6 Å². The number of halogens is 1. The number of hydrogen-bond acceptors (Lipinski definition) is 7. The number of hydrogen-bond donors (Lipinski definition) is 2. The molecule has 164 valence electrons. The van der Waals surface area contributed by atoms with E-state index in [1.165, 1.54) is 0 Å². The Hall–Kier alpha value is -2.81. The van der Waals surface area contributed by atoms with Gasteiger partial charge in [0.2, 0.25) is 5.95 Å². The lowest BCUT2D eigenvalue weighted by Crippen LogP contribution is -2.46. The van der Waals surface area contributed by atoms with Gasteiger partial charge in [0.05, 0.1) is 34.5 Å². The van der Waals surface area contributed by atoms with E-state index in [0.717, 1.165) is 71.6 Å². The Balaban J connectivity index is 1.41. The van der Waals surface area contributed by atoms with E-state index in [9.17, 15) is 0 Å². The molecule has 32 heavy (non-hydrogen) atoms. The molecule has 7 nitrogen and oxygen atoms in total. The molecule has 3 aromatic rings. The van der Waals surface area contributed by atoms with Crippen LogP contribution in [0.2, 0.25) is 5.02 Å². The van der Waals surface area contributed by atoms with Crippen LogP contribution >= 0.6 is 23.8 Å². The van der Waals surface area contributed by atoms with Crippen molar-refractivity contribution in [1.82, 2.24) is 19.9 Å². The van der Waals surface area contributed by atoms with E-state index in [0.29, 0.717) is 17.4 Å². The van der Waals surface area contributed by atoms with Gasteiger partial charge in [-0.3, -0.25) is 4.98 Å². The lowest BCUT2D eigenvalue weighted by molar-refractivity contribution is 0.271. The van der Waals surface area contributed by atoms with Crippen LogP contribution in [0.1, 0.15) is 12.5 Å². The summed E-state index contributed by atoms with van der Waals surface area (Å²) in [6, 6.07) is 7.81. The molecule has 1 saturated heterocycles. The summed E-state index contributed by atoms with van der Waals surface area (Å²) in [5.41, 5.74) is 5.61. The van der Waals surface area contributed by atoms with Crippen molar-refractivity contribution in [3.8, 4) is 11.3 Å². The fourth-order valence-electron chi connectivity index (χ4n) is 4.14. The number of aromatic nitrogens is 3. The molecule has 0 atom stereocenters. The van der Waals surface area contributed by atoms with Crippen molar-refractivity contribution in [2.24, 2.45) is 0 Å². The number of nitrogens with one attached hydrogen (secondary N) is 2. The van der Waals surface area contributed by atoms with Crippen LogP contribution in [0.4, 0.5) is 23.0 Å². The van der Waals surface area contributed by atoms with Gasteiger partial charge in [0.1, 0.15) is 0 Å². The van der Waals surface area contributed by atoms with Gasteiger partial charge >= 0.3 is 0 Å². The number of likely N-dealkylation sites (N-methyl/N-ethyl adjacent to an activating group) is 1. The third-order valence-corrected chi connectivity index (χ3v) is 6.37. The monoisotopic (exact) mass is 465 g/mol. The van der Waals surface area contributed by atoms with Crippen LogP contribution < -0.4 is 15.5 Å². The molecule has 9 heteroatoms. The van der Waals surface area contributed by atoms with Crippen LogP contribution in [0.5, 0.6) is 0 Å². The summed E-state index contributed by atoms with van der Waals surface area (Å²) in [5.74, 6) is 0.521. The van der Waals surface area contributed by atoms with E-state index >= 15 is 0 Å². The van der Waals surface area contributed by atoms with E-state index in [1.54, 1.807) is 6.20 Å². The quantitative estimate of drug-likeness (QED) is 0.550. The van der Waals surface area contributed by atoms with Crippen molar-refractivity contribution >= 4 is 51.8 Å². The summed E-state index contributed by atoms with van der Waals surface area (Å²) in [7, 11) is 0. The predicted octanol–water partition coefficient (Wildman–Crippen LogP) is 4.37. The van der Waals surface area contributed by atoms with Crippen LogP contribution in [-0.4, -0.2) is 57.6 Å². The largest absolute Gasteiger partial charge is 0.368 e. The van der Waals surface area contributed by atoms with Crippen LogP contribution in [0.15, 0.2) is 42.9 Å². The van der Waals surface area contributed by atoms with Gasteiger partial charge in [-0.15, -0.1) is 0 Å². The topological polar surface area (TPSA) is 69.2 Å². The molecule has 0 bridgehead atoms. The summed E-state index contributed by atoms with van der Waals surface area (Å²) in [5, 5.41) is 7.25. The van der Waals surface area contributed by atoms with Crippen molar-refractivity contribution in [2.45, 2.75) is 13.3 Å². The Bertz CT molecular complexity index is 1160. The van der Waals surface area contributed by atoms with Crippen molar-refractivity contribution < 1.29 is 0 Å². The number of fused-ring (bicyclic) bond motifs is 3. The molecule has 0 aliphatic carbocycles. The van der Waals surface area contributed by atoms with Crippen molar-refractivity contribution in [3.63, 3.8) is 0 Å². The highest BCUT2D eigenvalue weighted by Gasteiger charge is 2.20. The molecule has 0 amide bonds. The predicted molar refractivity (Wildman–Crippen MR) is 134 cm³/mol. The Morgan fingerprint density at radius 2 is 1.97 bits per heavy atom. The molecule has 0 unspecified atom stereocenters. The maximum absolute atomic E-state index is 6.20. The average molecular weight is 466 g/mol. The third-order valence-electron chi connectivity index (χ3n) is 5.89. The lowest BCUT2D eigenvalue weighted by atomic mass is 10.1. The Kier molecular flexibility index (Phi) is 5.91. The highest BCUT2D eigenvalue weighted by Crippen LogP contribution is 2.35. The zero-order valence-corrected chi connectivity index (χ0v) is 19.4. The first-order valence-electron chi connectivity index (χ1n) is 10.7. The smallest absolute Gasteiger partial charge is 0.227 e. The third kappa shape index (κ3) is 4.39. The van der Waals surface area contributed by atoms with Gasteiger partial charge in [-0.1, -0.05) is 30.7 Å². The van der Waals surface area contributed by atoms with Gasteiger partial charge in [0.15, 0.2) is 0 Å². The number of rotatable bonds is 4. The molecule has 4 heterocycles. The first-order chi connectivity index (χ1) is 15.6. The van der Waals surface area contributed by atoms with Crippen LogP contribution in [0, 0.1) is 0 Å². The second kappa shape index (κ2) is 8.97. The molecule has 2 N–H and O–H groups in total. The number of thiocarbonyl (C=S) groups is 1. The first-order valence-corrected chi connectivity index (χ1v) is 11.5. The minimum atomic E-state index is 0.521. The summed E-state index contributed by atoms with van der Waals surface area (Å²) < 4.78 is 0. The second-order valence-electron chi connectivity index (χ2n) is 7.96. The summed E-state index contributed by atoms with van der Waals surface area (Å²) in [6.07, 6.45) is 6.13. The zero-order valence-electron chi connectivity index (χ0n) is 17.8. The van der Waals surface area contributed by atoms with Gasteiger partial charge in [0.25, 0.3) is 0 Å². The molecular formula is C23H24ClN7S. The van der Waals surface area contributed by atoms with E-state index < -0.39 is 0 Å². The van der Waals surface area contributed by atoms with Crippen LogP contribution in [0.3, 0.4) is 0 Å². The van der Waals surface area contributed by atoms with Crippen LogP contribution in [-0.2, 0) is 6.42 Å². The number of piperazine rings is 1. The summed E-state index contributed by atoms with van der Waals surface area (Å²) >= 11 is 11.7. The van der Waals surface area contributed by atoms with E-state index in [1.807, 2.05) is 30.6 Å². The maximum Gasteiger partial charge on any atom is 0.227 e. The van der Waals surface area contributed by atoms with Crippen LogP contribution in [0.25, 0.3) is 11.3 Å². The molecule has 1 aromatic carbocycles. The number of anilines is 4. The summed E-state index contributed by atoms with van der Waals surface area (Å²) in [6.45, 7) is 7.45. The maximum atomic E-state index is 6.20. The van der Waals surface area contributed by atoms with E-state index in [2.05, 4.69) is 43.4 Å². The molecule has 2 aliphatic heterocycles. The lowest BCUT2D eigenvalue weighted by Gasteiger charge is -2.35. The Morgan fingerprint density at radius 1 is 1.12 bits per heavy atom. The number of nitrogens with zero attached hydrogens (tertiary/aromatic N) is 5. The molecule has 1 fully saturated rings. The molecular weight excluding hydrogens is 442 g/mol. The van der Waals surface area contributed by atoms with Gasteiger partial charge in [-0.2, -0.15) is 0 Å². The van der Waals surface area contributed by atoms with Gasteiger partial charge < -0.3 is 20.4 Å². The standard InChI is InChI=1S/C23H24ClN7S/c1-2-30-5-7-31(8-6-30)18-11-17(13-25-14-18)27-23-26-12-15-9-21(32)28-20-10-16(24)3-4-19(20)22(15)29-23/h3-4,10-14H,2,5-9H2,1H3,(H,28,32)(H,26,27,29). The molecule has 0 radical (unpaired) electrons. The van der Waals surface area contributed by atoms with Gasteiger partial charge in [-0.25, -0.2) is 9.97 Å². The SMILES string of the molecule is CCN1CCN(c2cncc(Nc3ncc4c(n3)-c3ccc(Cl)cc3NC(=S)C4)c2)CC1. The molecule has 0 spiro atoms. The fourth-order valence-corrected chi connectivity index (χ4v) is 4.58. The van der Waals surface area contributed by atoms with E-state index in [4.69, 9.17) is 28.8 Å². The molecule has 2 aromatic heterocycles. The normalized spacial score (nSPS) is 16.1. The number of pyridine rings is 1. The minimum Gasteiger partial charge on any atom is -0.368 e. The molecule has 2 aliphatic rings. The van der Waals surface area contributed by atoms with Crippen molar-refractivity contribution in [2.75, 3.05) is 48.3 Å². The highest BCUT2D eigenvalue weighted by molar-refractivity contribution is 7.80. The zero-order chi connectivity index (χ0) is 22.1. The van der Waals surface area contributed by atoms with E-state index in [-0.39, 0.29) is 0 Å².